The van der Waals surface area contributed by atoms with E-state index in [0.29, 0.717) is 18.5 Å². The van der Waals surface area contributed by atoms with Crippen LogP contribution in [0.15, 0.2) is 6.07 Å². The maximum Gasteiger partial charge on any atom is 0.252 e. The van der Waals surface area contributed by atoms with Gasteiger partial charge < -0.3 is 5.32 Å². The predicted octanol–water partition coefficient (Wildman–Crippen LogP) is 2.64. The molecular formula is C17H23N5O. The molecule has 0 spiro atoms. The summed E-state index contributed by atoms with van der Waals surface area (Å²) in [6.07, 6.45) is 1.24. The van der Waals surface area contributed by atoms with E-state index in [4.69, 9.17) is 5.26 Å². The fourth-order valence-corrected chi connectivity index (χ4v) is 2.65. The number of carbonyl (C=O) groups excluding carboxylic acids is 1. The minimum absolute atomic E-state index is 0.115. The first-order valence-corrected chi connectivity index (χ1v) is 7.71. The van der Waals surface area contributed by atoms with Crippen LogP contribution in [0.1, 0.15) is 48.4 Å². The van der Waals surface area contributed by atoms with Crippen molar-refractivity contribution in [1.29, 1.82) is 5.26 Å². The summed E-state index contributed by atoms with van der Waals surface area (Å²) in [5.74, 6) is -0.123. The minimum atomic E-state index is -0.123. The molecule has 2 heterocycles. The molecule has 0 fully saturated rings. The van der Waals surface area contributed by atoms with Gasteiger partial charge in [-0.25, -0.2) is 4.98 Å². The lowest BCUT2D eigenvalue weighted by Crippen LogP contribution is -2.34. The number of amides is 1. The van der Waals surface area contributed by atoms with Crippen LogP contribution in [0.5, 0.6) is 0 Å². The highest BCUT2D eigenvalue weighted by molar-refractivity contribution is 6.06. The van der Waals surface area contributed by atoms with Gasteiger partial charge in [-0.2, -0.15) is 10.4 Å². The standard InChI is InChI=1S/C17H23N5O/c1-11-9-13(14-12(2)21-22(5)15(14)20-11)16(23)19-10-17(3,4)7-6-8-18/h9H,6-7,10H2,1-5H3,(H,19,23). The molecule has 0 saturated heterocycles. The molecule has 0 aliphatic rings. The molecule has 23 heavy (non-hydrogen) atoms. The Kier molecular flexibility index (Phi) is 4.69. The third-order valence-electron chi connectivity index (χ3n) is 3.98. The zero-order valence-electron chi connectivity index (χ0n) is 14.4. The molecule has 0 saturated carbocycles. The molecule has 6 nitrogen and oxygen atoms in total. The lowest BCUT2D eigenvalue weighted by molar-refractivity contribution is 0.0936. The maximum atomic E-state index is 12.7. The Morgan fingerprint density at radius 3 is 2.78 bits per heavy atom. The Morgan fingerprint density at radius 2 is 2.13 bits per heavy atom. The first-order valence-electron chi connectivity index (χ1n) is 7.71. The smallest absolute Gasteiger partial charge is 0.252 e. The van der Waals surface area contributed by atoms with Gasteiger partial charge in [0.1, 0.15) is 0 Å². The number of rotatable bonds is 5. The molecule has 2 aromatic rings. The van der Waals surface area contributed by atoms with Crippen LogP contribution in [0.2, 0.25) is 0 Å². The minimum Gasteiger partial charge on any atom is -0.351 e. The molecule has 1 N–H and O–H groups in total. The van der Waals surface area contributed by atoms with Crippen molar-refractivity contribution in [2.45, 2.75) is 40.5 Å². The van der Waals surface area contributed by atoms with Crippen molar-refractivity contribution >= 4 is 16.9 Å². The number of fused-ring (bicyclic) bond motifs is 1. The number of nitrogens with one attached hydrogen (secondary N) is 1. The topological polar surface area (TPSA) is 83.6 Å². The highest BCUT2D eigenvalue weighted by Gasteiger charge is 2.21. The van der Waals surface area contributed by atoms with E-state index in [9.17, 15) is 4.79 Å². The Bertz CT molecular complexity index is 782. The van der Waals surface area contributed by atoms with Crippen molar-refractivity contribution < 1.29 is 4.79 Å². The van der Waals surface area contributed by atoms with Crippen LogP contribution in [0.25, 0.3) is 11.0 Å². The highest BCUT2D eigenvalue weighted by atomic mass is 16.1. The highest BCUT2D eigenvalue weighted by Crippen LogP contribution is 2.23. The van der Waals surface area contributed by atoms with E-state index in [1.54, 1.807) is 10.7 Å². The summed E-state index contributed by atoms with van der Waals surface area (Å²) in [5, 5.41) is 16.9. The first-order chi connectivity index (χ1) is 10.7. The number of nitrogens with zero attached hydrogens (tertiary/aromatic N) is 4. The van der Waals surface area contributed by atoms with E-state index < -0.39 is 0 Å². The predicted molar refractivity (Wildman–Crippen MR) is 88.9 cm³/mol. The summed E-state index contributed by atoms with van der Waals surface area (Å²) >= 11 is 0. The molecule has 0 unspecified atom stereocenters. The van der Waals surface area contributed by atoms with Crippen molar-refractivity contribution in [1.82, 2.24) is 20.1 Å². The molecule has 0 radical (unpaired) electrons. The quantitative estimate of drug-likeness (QED) is 0.919. The average molecular weight is 313 g/mol. The second-order valence-corrected chi connectivity index (χ2v) is 6.72. The Hall–Kier alpha value is -2.42. The zero-order chi connectivity index (χ0) is 17.2. The summed E-state index contributed by atoms with van der Waals surface area (Å²) in [5.41, 5.74) is 2.79. The number of hydrogen-bond acceptors (Lipinski definition) is 4. The van der Waals surface area contributed by atoms with Crippen LogP contribution in [-0.2, 0) is 7.05 Å². The van der Waals surface area contributed by atoms with E-state index in [0.717, 1.165) is 28.8 Å². The Labute approximate surface area is 136 Å². The van der Waals surface area contributed by atoms with Gasteiger partial charge in [0.2, 0.25) is 0 Å². The Balaban J connectivity index is 2.27. The number of carbonyl (C=O) groups is 1. The summed E-state index contributed by atoms with van der Waals surface area (Å²) in [4.78, 5) is 17.1. The molecule has 1 amide bonds. The number of aryl methyl sites for hydroxylation is 3. The van der Waals surface area contributed by atoms with E-state index in [1.165, 1.54) is 0 Å². The molecule has 0 aliphatic carbocycles. The second kappa shape index (κ2) is 6.37. The van der Waals surface area contributed by atoms with Gasteiger partial charge in [-0.15, -0.1) is 0 Å². The van der Waals surface area contributed by atoms with Crippen LogP contribution in [0.3, 0.4) is 0 Å². The zero-order valence-corrected chi connectivity index (χ0v) is 14.4. The average Bonchev–Trinajstić information content (AvgIpc) is 2.77. The van der Waals surface area contributed by atoms with E-state index in [-0.39, 0.29) is 11.3 Å². The first kappa shape index (κ1) is 16.9. The van der Waals surface area contributed by atoms with Gasteiger partial charge in [-0.05, 0) is 31.7 Å². The number of nitriles is 1. The SMILES string of the molecule is Cc1cc(C(=O)NCC(C)(C)CCC#N)c2c(C)nn(C)c2n1. The molecule has 2 rings (SSSR count). The monoisotopic (exact) mass is 313 g/mol. The summed E-state index contributed by atoms with van der Waals surface area (Å²) in [7, 11) is 1.83. The van der Waals surface area contributed by atoms with Crippen LogP contribution in [0.4, 0.5) is 0 Å². The molecule has 0 aliphatic heterocycles. The van der Waals surface area contributed by atoms with E-state index >= 15 is 0 Å². The van der Waals surface area contributed by atoms with Crippen molar-refractivity contribution in [3.8, 4) is 6.07 Å². The van der Waals surface area contributed by atoms with Crippen LogP contribution in [-0.4, -0.2) is 27.2 Å². The van der Waals surface area contributed by atoms with E-state index in [1.807, 2.05) is 34.7 Å². The van der Waals surface area contributed by atoms with Crippen LogP contribution >= 0.6 is 0 Å². The Morgan fingerprint density at radius 1 is 1.43 bits per heavy atom. The number of pyridine rings is 1. The largest absolute Gasteiger partial charge is 0.351 e. The van der Waals surface area contributed by atoms with Gasteiger partial charge in [-0.1, -0.05) is 13.8 Å². The second-order valence-electron chi connectivity index (χ2n) is 6.72. The molecule has 2 aromatic heterocycles. The summed E-state index contributed by atoms with van der Waals surface area (Å²) < 4.78 is 1.70. The normalized spacial score (nSPS) is 11.5. The number of hydrogen-bond donors (Lipinski definition) is 1. The van der Waals surface area contributed by atoms with Gasteiger partial charge in [-0.3, -0.25) is 9.48 Å². The maximum absolute atomic E-state index is 12.7. The molecule has 6 heteroatoms. The van der Waals surface area contributed by atoms with Crippen molar-refractivity contribution in [2.24, 2.45) is 12.5 Å². The fourth-order valence-electron chi connectivity index (χ4n) is 2.65. The molecule has 0 bridgehead atoms. The lowest BCUT2D eigenvalue weighted by Gasteiger charge is -2.23. The van der Waals surface area contributed by atoms with Gasteiger partial charge >= 0.3 is 0 Å². The molecular weight excluding hydrogens is 290 g/mol. The van der Waals surface area contributed by atoms with Crippen molar-refractivity contribution in [2.75, 3.05) is 6.54 Å². The van der Waals surface area contributed by atoms with Crippen LogP contribution < -0.4 is 5.32 Å². The third kappa shape index (κ3) is 3.67. The van der Waals surface area contributed by atoms with Crippen molar-refractivity contribution in [3.63, 3.8) is 0 Å². The van der Waals surface area contributed by atoms with Gasteiger partial charge in [0.15, 0.2) is 5.65 Å². The van der Waals surface area contributed by atoms with Gasteiger partial charge in [0.25, 0.3) is 5.91 Å². The fraction of sp³-hybridized carbons (Fsp3) is 0.529. The van der Waals surface area contributed by atoms with Gasteiger partial charge in [0, 0.05) is 25.7 Å². The lowest BCUT2D eigenvalue weighted by atomic mass is 9.88. The van der Waals surface area contributed by atoms with Crippen LogP contribution in [0, 0.1) is 30.6 Å². The summed E-state index contributed by atoms with van der Waals surface area (Å²) in [6, 6.07) is 3.95. The van der Waals surface area contributed by atoms with E-state index in [2.05, 4.69) is 21.5 Å². The molecule has 122 valence electrons. The molecule has 0 aromatic carbocycles. The number of aromatic nitrogens is 3. The van der Waals surface area contributed by atoms with Crippen molar-refractivity contribution in [3.05, 3.63) is 23.0 Å². The third-order valence-corrected chi connectivity index (χ3v) is 3.98. The van der Waals surface area contributed by atoms with Gasteiger partial charge in [0.05, 0.1) is 22.7 Å². The molecule has 0 atom stereocenters. The summed E-state index contributed by atoms with van der Waals surface area (Å²) in [6.45, 7) is 8.37.